The van der Waals surface area contributed by atoms with Gasteiger partial charge in [-0.15, -0.1) is 0 Å². The van der Waals surface area contributed by atoms with Gasteiger partial charge in [0.1, 0.15) is 5.65 Å². The summed E-state index contributed by atoms with van der Waals surface area (Å²) in [5.74, 6) is 0. The maximum absolute atomic E-state index is 13.5. The number of hydrogen-bond acceptors (Lipinski definition) is 5. The third kappa shape index (κ3) is 4.38. The van der Waals surface area contributed by atoms with Crippen molar-refractivity contribution in [1.29, 1.82) is 0 Å². The van der Waals surface area contributed by atoms with Gasteiger partial charge in [0.05, 0.1) is 31.5 Å². The van der Waals surface area contributed by atoms with E-state index in [4.69, 9.17) is 9.47 Å². The number of aromatic amines is 1. The molecule has 2 saturated heterocycles. The number of aromatic nitrogens is 2. The molecule has 0 spiro atoms. The molecule has 0 aliphatic carbocycles. The second-order valence-corrected chi connectivity index (χ2v) is 10.5. The number of carbonyl (C=O) groups is 1. The first-order chi connectivity index (χ1) is 17.5. The standard InChI is InChI=1S/C28H35N5O3/c1-17-11-30-27-23(17)10-22(12-31-27)21-8-20-4-6-32(28(34)33-13-18(2)36-19(3)14-33)15-25(20)24(9-21)26-16-35-7-5-29-26/h8-12,18-19,26,29H,4-7,13-16H2,1-3H3,(H,30,31)/t18?,19?,26-/m0/s1. The molecule has 190 valence electrons. The highest BCUT2D eigenvalue weighted by molar-refractivity contribution is 5.84. The van der Waals surface area contributed by atoms with Crippen LogP contribution in [0.3, 0.4) is 0 Å². The van der Waals surface area contributed by atoms with Gasteiger partial charge in [-0.2, -0.15) is 0 Å². The summed E-state index contributed by atoms with van der Waals surface area (Å²) in [5, 5.41) is 4.79. The fourth-order valence-electron chi connectivity index (χ4n) is 5.93. The molecule has 0 saturated carbocycles. The van der Waals surface area contributed by atoms with Gasteiger partial charge in [0.25, 0.3) is 0 Å². The van der Waals surface area contributed by atoms with Gasteiger partial charge in [0.15, 0.2) is 0 Å². The molecule has 0 bridgehead atoms. The maximum Gasteiger partial charge on any atom is 0.320 e. The molecule has 6 rings (SSSR count). The van der Waals surface area contributed by atoms with Crippen LogP contribution in [-0.4, -0.2) is 77.4 Å². The lowest BCUT2D eigenvalue weighted by Crippen LogP contribution is -2.53. The number of benzene rings is 1. The predicted molar refractivity (Wildman–Crippen MR) is 139 cm³/mol. The number of aryl methyl sites for hydroxylation is 1. The number of nitrogens with one attached hydrogen (secondary N) is 2. The van der Waals surface area contributed by atoms with Gasteiger partial charge >= 0.3 is 6.03 Å². The Hall–Kier alpha value is -2.94. The van der Waals surface area contributed by atoms with E-state index in [1.54, 1.807) is 0 Å². The zero-order valence-corrected chi connectivity index (χ0v) is 21.3. The minimum absolute atomic E-state index is 0.0612. The molecule has 8 nitrogen and oxygen atoms in total. The Morgan fingerprint density at radius 3 is 2.72 bits per heavy atom. The largest absolute Gasteiger partial charge is 0.378 e. The average Bonchev–Trinajstić information content (AvgIpc) is 3.27. The molecule has 3 aliphatic heterocycles. The second kappa shape index (κ2) is 9.50. The van der Waals surface area contributed by atoms with E-state index in [-0.39, 0.29) is 24.3 Å². The number of rotatable bonds is 2. The quantitative estimate of drug-likeness (QED) is 0.573. The van der Waals surface area contributed by atoms with E-state index >= 15 is 0 Å². The van der Waals surface area contributed by atoms with Crippen molar-refractivity contribution in [2.24, 2.45) is 0 Å². The average molecular weight is 490 g/mol. The topological polar surface area (TPSA) is 82.7 Å². The molecule has 5 heterocycles. The van der Waals surface area contributed by atoms with Crippen molar-refractivity contribution in [2.75, 3.05) is 39.4 Å². The van der Waals surface area contributed by atoms with Crippen LogP contribution in [0.15, 0.2) is 30.6 Å². The summed E-state index contributed by atoms with van der Waals surface area (Å²) in [5.41, 5.74) is 8.19. The van der Waals surface area contributed by atoms with Gasteiger partial charge in [-0.1, -0.05) is 6.07 Å². The fraction of sp³-hybridized carbons (Fsp3) is 0.500. The molecular weight excluding hydrogens is 454 g/mol. The number of pyridine rings is 1. The summed E-state index contributed by atoms with van der Waals surface area (Å²) in [6.45, 7) is 11.0. The molecule has 2 aromatic heterocycles. The van der Waals surface area contributed by atoms with Gasteiger partial charge in [-0.05, 0) is 67.1 Å². The minimum Gasteiger partial charge on any atom is -0.378 e. The summed E-state index contributed by atoms with van der Waals surface area (Å²) in [4.78, 5) is 25.4. The zero-order chi connectivity index (χ0) is 24.8. The molecule has 8 heteroatoms. The van der Waals surface area contributed by atoms with Crippen molar-refractivity contribution < 1.29 is 14.3 Å². The molecule has 0 radical (unpaired) electrons. The zero-order valence-electron chi connectivity index (χ0n) is 21.3. The Morgan fingerprint density at radius 2 is 1.94 bits per heavy atom. The first-order valence-electron chi connectivity index (χ1n) is 13.1. The van der Waals surface area contributed by atoms with Crippen molar-refractivity contribution in [3.05, 3.63) is 52.8 Å². The van der Waals surface area contributed by atoms with Crippen LogP contribution in [0.4, 0.5) is 4.79 Å². The fourth-order valence-corrected chi connectivity index (χ4v) is 5.93. The molecule has 2 amide bonds. The lowest BCUT2D eigenvalue weighted by molar-refractivity contribution is -0.0585. The second-order valence-electron chi connectivity index (χ2n) is 10.5. The van der Waals surface area contributed by atoms with E-state index in [0.29, 0.717) is 26.2 Å². The molecule has 1 aromatic carbocycles. The molecule has 2 fully saturated rings. The molecule has 3 aliphatic rings. The Morgan fingerprint density at radius 1 is 1.11 bits per heavy atom. The summed E-state index contributed by atoms with van der Waals surface area (Å²) >= 11 is 0. The summed E-state index contributed by atoms with van der Waals surface area (Å²) < 4.78 is 11.7. The monoisotopic (exact) mass is 489 g/mol. The van der Waals surface area contributed by atoms with E-state index < -0.39 is 0 Å². The summed E-state index contributed by atoms with van der Waals surface area (Å²) in [6.07, 6.45) is 4.92. The van der Waals surface area contributed by atoms with Crippen molar-refractivity contribution in [1.82, 2.24) is 25.1 Å². The van der Waals surface area contributed by atoms with Gasteiger partial charge < -0.3 is 29.6 Å². The van der Waals surface area contributed by atoms with Crippen LogP contribution in [-0.2, 0) is 22.4 Å². The minimum atomic E-state index is 0.0612. The van der Waals surface area contributed by atoms with Crippen LogP contribution in [0.1, 0.15) is 42.1 Å². The maximum atomic E-state index is 13.5. The number of morpholine rings is 2. The highest BCUT2D eigenvalue weighted by atomic mass is 16.5. The van der Waals surface area contributed by atoms with E-state index in [0.717, 1.165) is 42.7 Å². The third-order valence-electron chi connectivity index (χ3n) is 7.71. The molecule has 3 aromatic rings. The number of urea groups is 1. The van der Waals surface area contributed by atoms with Crippen LogP contribution in [0.2, 0.25) is 0 Å². The van der Waals surface area contributed by atoms with Crippen molar-refractivity contribution in [3.63, 3.8) is 0 Å². The van der Waals surface area contributed by atoms with Gasteiger partial charge in [0.2, 0.25) is 0 Å². The number of fused-ring (bicyclic) bond motifs is 2. The number of nitrogens with zero attached hydrogens (tertiary/aromatic N) is 3. The van der Waals surface area contributed by atoms with Crippen LogP contribution >= 0.6 is 0 Å². The predicted octanol–water partition coefficient (Wildman–Crippen LogP) is 3.79. The molecule has 2 N–H and O–H groups in total. The lowest BCUT2D eigenvalue weighted by atomic mass is 9.87. The normalized spacial score (nSPS) is 24.7. The van der Waals surface area contributed by atoms with Gasteiger partial charge in [-0.25, -0.2) is 9.78 Å². The number of amides is 2. The first-order valence-corrected chi connectivity index (χ1v) is 13.1. The number of carbonyl (C=O) groups excluding carboxylic acids is 1. The Bertz CT molecular complexity index is 1270. The van der Waals surface area contributed by atoms with Crippen molar-refractivity contribution in [2.45, 2.75) is 52.0 Å². The number of hydrogen-bond donors (Lipinski definition) is 2. The molecular formula is C28H35N5O3. The Kier molecular flexibility index (Phi) is 6.19. The molecule has 36 heavy (non-hydrogen) atoms. The molecule has 2 unspecified atom stereocenters. The van der Waals surface area contributed by atoms with Gasteiger partial charge in [0, 0.05) is 56.1 Å². The number of H-pyrrole nitrogens is 1. The third-order valence-corrected chi connectivity index (χ3v) is 7.71. The van der Waals surface area contributed by atoms with Crippen molar-refractivity contribution >= 4 is 17.1 Å². The molecule has 3 atom stereocenters. The van der Waals surface area contributed by atoms with E-state index in [9.17, 15) is 4.79 Å². The smallest absolute Gasteiger partial charge is 0.320 e. The summed E-state index contributed by atoms with van der Waals surface area (Å²) in [7, 11) is 0. The Labute approximate surface area is 212 Å². The lowest BCUT2D eigenvalue weighted by Gasteiger charge is -2.40. The van der Waals surface area contributed by atoms with E-state index in [2.05, 4.69) is 40.4 Å². The van der Waals surface area contributed by atoms with Crippen LogP contribution in [0.25, 0.3) is 22.2 Å². The highest BCUT2D eigenvalue weighted by Gasteiger charge is 2.32. The van der Waals surface area contributed by atoms with E-state index in [1.807, 2.05) is 36.0 Å². The van der Waals surface area contributed by atoms with Crippen LogP contribution in [0.5, 0.6) is 0 Å². The highest BCUT2D eigenvalue weighted by Crippen LogP contribution is 2.35. The van der Waals surface area contributed by atoms with Gasteiger partial charge in [-0.3, -0.25) is 0 Å². The number of ether oxygens (including phenoxy) is 2. The van der Waals surface area contributed by atoms with E-state index in [1.165, 1.54) is 27.8 Å². The summed E-state index contributed by atoms with van der Waals surface area (Å²) in [6, 6.07) is 7.03. The van der Waals surface area contributed by atoms with Crippen molar-refractivity contribution in [3.8, 4) is 11.1 Å². The SMILES string of the molecule is Cc1c[nH]c2ncc(-c3cc4c(c([C@@H]5COCCN5)c3)CN(C(=O)N3CC(C)OC(C)C3)CC4)cc12. The van der Waals surface area contributed by atoms with Crippen LogP contribution < -0.4 is 5.32 Å². The first kappa shape index (κ1) is 23.5. The Balaban J connectivity index is 1.35. The van der Waals surface area contributed by atoms with Crippen LogP contribution in [0, 0.1) is 6.92 Å².